The van der Waals surface area contributed by atoms with Crippen molar-refractivity contribution < 1.29 is 29.1 Å². The zero-order valence-corrected chi connectivity index (χ0v) is 9.10. The Morgan fingerprint density at radius 1 is 0.667 bits per heavy atom. The summed E-state index contributed by atoms with van der Waals surface area (Å²) in [6.45, 7) is 0. The maximum absolute atomic E-state index is 10.3. The van der Waals surface area contributed by atoms with Crippen LogP contribution < -0.4 is 0 Å². The van der Waals surface area contributed by atoms with E-state index in [0.29, 0.717) is 0 Å². The Morgan fingerprint density at radius 3 is 1.00 bits per heavy atom. The second-order valence-electron chi connectivity index (χ2n) is 1.47. The van der Waals surface area contributed by atoms with Crippen molar-refractivity contribution in [2.75, 3.05) is 0 Å². The number of allylic oxidation sites excluding steroid dienone is 4. The molecule has 0 radical (unpaired) electrons. The van der Waals surface area contributed by atoms with Gasteiger partial charge in [0, 0.05) is 0 Å². The first-order valence-electron chi connectivity index (χ1n) is 2.23. The minimum Gasteiger partial charge on any atom is -0.358 e. The van der Waals surface area contributed by atoms with E-state index < -0.39 is 0 Å². The minimum absolute atomic E-state index is 0. The Labute approximate surface area is 87.5 Å². The molecule has 0 spiro atoms. The third kappa shape index (κ3) is 7.55. The second-order valence-corrected chi connectivity index (χ2v) is 1.47. The molecule has 0 aromatic rings. The molecule has 0 amide bonds. The summed E-state index contributed by atoms with van der Waals surface area (Å²) in [6, 6.07) is 0. The summed E-state index contributed by atoms with van der Waals surface area (Å²) in [5.41, 5.74) is 0. The topological polar surface area (TPSA) is 34.1 Å². The molecule has 0 aromatic heterocycles. The molecule has 0 fully saturated rings. The monoisotopic (exact) mass is 256 g/mol. The van der Waals surface area contributed by atoms with Gasteiger partial charge in [0.1, 0.15) is 0 Å². The van der Waals surface area contributed by atoms with Gasteiger partial charge < -0.3 is 22.3 Å². The van der Waals surface area contributed by atoms with Crippen LogP contribution in [0.2, 0.25) is 0 Å². The van der Waals surface area contributed by atoms with Crippen LogP contribution in [0.25, 0.3) is 0 Å². The molecule has 70 valence electrons. The molecule has 0 aromatic carbocycles. The average molecular weight is 256 g/mol. The van der Waals surface area contributed by atoms with E-state index >= 15 is 0 Å². The van der Waals surface area contributed by atoms with Crippen LogP contribution in [-0.4, -0.2) is 11.6 Å². The number of rotatable bonds is 0. The van der Waals surface area contributed by atoms with Gasteiger partial charge in [0.25, 0.3) is 0 Å². The molecule has 3 heteroatoms. The van der Waals surface area contributed by atoms with Crippen LogP contribution in [0.3, 0.4) is 0 Å². The minimum atomic E-state index is -0.121. The van der Waals surface area contributed by atoms with Crippen molar-refractivity contribution in [3.8, 4) is 0 Å². The van der Waals surface area contributed by atoms with Crippen molar-refractivity contribution in [2.45, 2.75) is 0 Å². The number of ketones is 2. The third-order valence-electron chi connectivity index (χ3n) is 0.824. The van der Waals surface area contributed by atoms with Crippen molar-refractivity contribution in [1.82, 2.24) is 0 Å². The number of carbonyl (C=O) groups excluding carboxylic acids is 2. The zero-order chi connectivity index (χ0) is 5.98. The molecule has 0 unspecified atom stereocenters. The average Bonchev–Trinajstić information content (AvgIpc) is 1.77. The smallest absolute Gasteiger partial charge is 0.358 e. The Balaban J connectivity index is -0.0000000800. The van der Waals surface area contributed by atoms with Gasteiger partial charge in [0.05, 0.1) is 0 Å². The van der Waals surface area contributed by atoms with E-state index in [1.165, 1.54) is 24.3 Å². The summed E-state index contributed by atoms with van der Waals surface area (Å²) < 4.78 is 0. The molecule has 0 atom stereocenters. The van der Waals surface area contributed by atoms with E-state index in [1.807, 2.05) is 0 Å². The van der Waals surface area contributed by atoms with E-state index in [1.54, 1.807) is 0 Å². The van der Waals surface area contributed by atoms with Crippen molar-refractivity contribution in [3.05, 3.63) is 46.6 Å². The Bertz CT molecular complexity index is 155. The predicted molar refractivity (Wildman–Crippen MR) is 47.5 cm³/mol. The van der Waals surface area contributed by atoms with E-state index in [9.17, 15) is 9.59 Å². The van der Waals surface area contributed by atoms with Crippen LogP contribution >= 0.6 is 0 Å². The van der Waals surface area contributed by atoms with E-state index in [4.69, 9.17) is 0 Å². The molecular weight excluding hydrogens is 243 g/mol. The molecule has 0 aliphatic heterocycles. The Morgan fingerprint density at radius 2 is 0.833 bits per heavy atom. The van der Waals surface area contributed by atoms with Gasteiger partial charge in [-0.1, -0.05) is 0 Å². The maximum Gasteiger partial charge on any atom is 3.00 e. The van der Waals surface area contributed by atoms with E-state index in [2.05, 4.69) is 0 Å². The van der Waals surface area contributed by atoms with Crippen LogP contribution in [0.1, 0.15) is 0 Å². The van der Waals surface area contributed by atoms with Gasteiger partial charge in [-0.15, -0.1) is 0 Å². The van der Waals surface area contributed by atoms with Gasteiger partial charge in [-0.2, -0.15) is 0 Å². The van der Waals surface area contributed by atoms with Crippen molar-refractivity contribution in [3.63, 3.8) is 0 Å². The van der Waals surface area contributed by atoms with Crippen LogP contribution in [0.5, 0.6) is 0 Å². The standard InChI is InChI=1S/C6H4O2.3CH3.Rh/c7-5-1-2-6(8)4-3-5;;;;/h1-4H;3*1H3;/q;3*-1;+3. The summed E-state index contributed by atoms with van der Waals surface area (Å²) in [4.78, 5) is 20.6. The summed E-state index contributed by atoms with van der Waals surface area (Å²) in [5, 5.41) is 0. The van der Waals surface area contributed by atoms with E-state index in [0.717, 1.165) is 0 Å². The predicted octanol–water partition coefficient (Wildman–Crippen LogP) is 1.60. The van der Waals surface area contributed by atoms with Crippen LogP contribution in [0.4, 0.5) is 0 Å². The number of hydrogen-bond donors (Lipinski definition) is 0. The molecule has 1 aliphatic carbocycles. The Hall–Kier alpha value is -0.557. The first-order chi connectivity index (χ1) is 3.79. The van der Waals surface area contributed by atoms with E-state index in [-0.39, 0.29) is 53.3 Å². The van der Waals surface area contributed by atoms with Gasteiger partial charge in [0.2, 0.25) is 0 Å². The van der Waals surface area contributed by atoms with Gasteiger partial charge in [-0.25, -0.2) is 0 Å². The fourth-order valence-corrected chi connectivity index (χ4v) is 0.440. The Kier molecular flexibility index (Phi) is 19.6. The van der Waals surface area contributed by atoms with Crippen molar-refractivity contribution >= 4 is 11.6 Å². The first-order valence-corrected chi connectivity index (χ1v) is 2.23. The second kappa shape index (κ2) is 10.4. The molecule has 0 saturated carbocycles. The zero-order valence-electron chi connectivity index (χ0n) is 7.46. The SMILES string of the molecule is O=C1C=CC(=O)C=C1.[CH3-].[CH3-].[CH3-].[Rh+3]. The maximum atomic E-state index is 10.3. The molecule has 12 heavy (non-hydrogen) atoms. The molecule has 0 saturated heterocycles. The van der Waals surface area contributed by atoms with Crippen LogP contribution in [0, 0.1) is 22.3 Å². The molecule has 1 aliphatic rings. The van der Waals surface area contributed by atoms with Crippen molar-refractivity contribution in [2.24, 2.45) is 0 Å². The fourth-order valence-electron chi connectivity index (χ4n) is 0.440. The number of hydrogen-bond acceptors (Lipinski definition) is 2. The summed E-state index contributed by atoms with van der Waals surface area (Å²) in [5.74, 6) is -0.241. The molecular formula is C9H13O2Rh. The fraction of sp³-hybridized carbons (Fsp3) is 0. The molecule has 0 heterocycles. The third-order valence-corrected chi connectivity index (χ3v) is 0.824. The quantitative estimate of drug-likeness (QED) is 0.375. The van der Waals surface area contributed by atoms with Crippen LogP contribution in [0.15, 0.2) is 24.3 Å². The van der Waals surface area contributed by atoms with Crippen molar-refractivity contribution in [1.29, 1.82) is 0 Å². The largest absolute Gasteiger partial charge is 3.00 e. The normalized spacial score (nSPS) is 11.7. The summed E-state index contributed by atoms with van der Waals surface area (Å²) >= 11 is 0. The summed E-state index contributed by atoms with van der Waals surface area (Å²) in [6.07, 6.45) is 5.01. The number of carbonyl (C=O) groups is 2. The molecule has 0 bridgehead atoms. The summed E-state index contributed by atoms with van der Waals surface area (Å²) in [7, 11) is 0. The van der Waals surface area contributed by atoms with Gasteiger partial charge >= 0.3 is 19.5 Å². The molecule has 1 rings (SSSR count). The van der Waals surface area contributed by atoms with Gasteiger partial charge in [0.15, 0.2) is 11.6 Å². The first kappa shape index (κ1) is 22.5. The van der Waals surface area contributed by atoms with Gasteiger partial charge in [-0.3, -0.25) is 9.59 Å². The molecule has 2 nitrogen and oxygen atoms in total. The van der Waals surface area contributed by atoms with Gasteiger partial charge in [-0.05, 0) is 24.3 Å². The molecule has 0 N–H and O–H groups in total. The van der Waals surface area contributed by atoms with Crippen LogP contribution in [-0.2, 0) is 29.1 Å².